The van der Waals surface area contributed by atoms with Crippen LogP contribution >= 0.6 is 11.3 Å². The van der Waals surface area contributed by atoms with Crippen LogP contribution in [0.4, 0.5) is 18.0 Å². The fourth-order valence-electron chi connectivity index (χ4n) is 3.48. The number of benzene rings is 1. The molecule has 144 valence electrons. The van der Waals surface area contributed by atoms with Gasteiger partial charge in [-0.25, -0.2) is 4.79 Å². The lowest BCUT2D eigenvalue weighted by Crippen LogP contribution is -2.72. The summed E-state index contributed by atoms with van der Waals surface area (Å²) in [5.41, 5.74) is -3.31. The summed E-state index contributed by atoms with van der Waals surface area (Å²) in [6.45, 7) is 0. The van der Waals surface area contributed by atoms with Gasteiger partial charge in [-0.1, -0.05) is 36.4 Å². The Bertz CT molecular complexity index is 841. The van der Waals surface area contributed by atoms with Gasteiger partial charge in [0.05, 0.1) is 10.9 Å². The number of rotatable bonds is 3. The van der Waals surface area contributed by atoms with Gasteiger partial charge in [0.15, 0.2) is 5.78 Å². The maximum atomic E-state index is 14.0. The molecule has 1 aliphatic rings. The van der Waals surface area contributed by atoms with Crippen LogP contribution < -0.4 is 0 Å². The van der Waals surface area contributed by atoms with Crippen LogP contribution in [0.1, 0.15) is 21.3 Å². The Labute approximate surface area is 157 Å². The average molecular weight is 398 g/mol. The molecule has 2 aromatic rings. The van der Waals surface area contributed by atoms with E-state index in [0.717, 1.165) is 23.3 Å². The molecule has 5 nitrogen and oxygen atoms in total. The van der Waals surface area contributed by atoms with Crippen molar-refractivity contribution >= 4 is 23.2 Å². The minimum absolute atomic E-state index is 0.0831. The second-order valence-corrected chi connectivity index (χ2v) is 7.30. The number of carbonyl (C=O) groups is 2. The summed E-state index contributed by atoms with van der Waals surface area (Å²) in [6, 6.07) is 8.58. The van der Waals surface area contributed by atoms with Gasteiger partial charge in [-0.2, -0.15) is 13.2 Å². The number of aliphatic hydroxyl groups is 1. The molecule has 1 saturated heterocycles. The summed E-state index contributed by atoms with van der Waals surface area (Å²) in [5.74, 6) is -2.82. The topological polar surface area (TPSA) is 60.9 Å². The van der Waals surface area contributed by atoms with E-state index in [-0.39, 0.29) is 9.78 Å². The molecule has 1 fully saturated rings. The Morgan fingerprint density at radius 3 is 2.30 bits per heavy atom. The number of nitrogens with zero attached hydrogens (tertiary/aromatic N) is 2. The molecule has 9 heteroatoms. The first-order valence-corrected chi connectivity index (χ1v) is 8.91. The molecule has 0 radical (unpaired) electrons. The van der Waals surface area contributed by atoms with Crippen LogP contribution in [-0.2, 0) is 0 Å². The number of ketones is 1. The summed E-state index contributed by atoms with van der Waals surface area (Å²) >= 11 is 0.987. The Morgan fingerprint density at radius 2 is 1.78 bits per heavy atom. The number of thiophene rings is 1. The lowest BCUT2D eigenvalue weighted by Gasteiger charge is -2.53. The average Bonchev–Trinajstić information content (AvgIpc) is 3.16. The van der Waals surface area contributed by atoms with Crippen molar-refractivity contribution in [2.75, 3.05) is 14.1 Å². The fraction of sp³-hybridized carbons (Fsp3) is 0.333. The smallest absolute Gasteiger partial charge is 0.363 e. The molecule has 0 aliphatic carbocycles. The van der Waals surface area contributed by atoms with Crippen molar-refractivity contribution < 1.29 is 27.9 Å². The number of amides is 2. The number of Topliss-reactive ketones (excluding diaryl/α,β-unsaturated/α-hetero) is 1. The van der Waals surface area contributed by atoms with E-state index in [4.69, 9.17) is 0 Å². The van der Waals surface area contributed by atoms with E-state index in [1.807, 2.05) is 0 Å². The zero-order valence-corrected chi connectivity index (χ0v) is 15.3. The van der Waals surface area contributed by atoms with E-state index in [0.29, 0.717) is 5.56 Å². The Balaban J connectivity index is 2.25. The molecule has 2 heterocycles. The standard InChI is InChI=1S/C18H17F3N2O3S/c1-22-14(11-7-4-3-5-8-11)13(15(24)12-9-6-10-27-12)17(26,18(19,20)21)23(2)16(22)25/h3-10,13-14,26H,1-2H3/t13-,14+,17+/m0/s1. The normalized spacial score (nSPS) is 26.4. The van der Waals surface area contributed by atoms with E-state index in [1.165, 1.54) is 25.2 Å². The molecule has 0 unspecified atom stereocenters. The highest BCUT2D eigenvalue weighted by Crippen LogP contribution is 2.50. The second kappa shape index (κ2) is 6.65. The summed E-state index contributed by atoms with van der Waals surface area (Å²) in [5, 5.41) is 12.3. The molecule has 3 rings (SSSR count). The van der Waals surface area contributed by atoms with Gasteiger partial charge in [-0.3, -0.25) is 9.69 Å². The van der Waals surface area contributed by atoms with Crippen LogP contribution in [-0.4, -0.2) is 52.7 Å². The molecule has 3 atom stereocenters. The largest absolute Gasteiger partial charge is 0.437 e. The third-order valence-electron chi connectivity index (χ3n) is 4.87. The molecular weight excluding hydrogens is 381 g/mol. The zero-order valence-electron chi connectivity index (χ0n) is 14.5. The maximum Gasteiger partial charge on any atom is 0.437 e. The Hall–Kier alpha value is -2.39. The van der Waals surface area contributed by atoms with Gasteiger partial charge in [0, 0.05) is 14.1 Å². The third-order valence-corrected chi connectivity index (χ3v) is 5.76. The predicted octanol–water partition coefficient (Wildman–Crippen LogP) is 3.54. The summed E-state index contributed by atoms with van der Waals surface area (Å²) in [7, 11) is 2.17. The van der Waals surface area contributed by atoms with Crippen LogP contribution in [0.15, 0.2) is 47.8 Å². The third kappa shape index (κ3) is 2.90. The number of alkyl halides is 3. The van der Waals surface area contributed by atoms with E-state index >= 15 is 0 Å². The van der Waals surface area contributed by atoms with Gasteiger partial charge in [0.1, 0.15) is 5.92 Å². The minimum atomic E-state index is -5.23. The van der Waals surface area contributed by atoms with Crippen molar-refractivity contribution in [3.05, 3.63) is 58.3 Å². The molecular formula is C18H17F3N2O3S. The Morgan fingerprint density at radius 1 is 1.15 bits per heavy atom. The summed E-state index contributed by atoms with van der Waals surface area (Å²) in [4.78, 5) is 26.9. The van der Waals surface area contributed by atoms with Crippen molar-refractivity contribution in [1.82, 2.24) is 9.80 Å². The molecule has 1 aromatic carbocycles. The van der Waals surface area contributed by atoms with Gasteiger partial charge < -0.3 is 10.0 Å². The van der Waals surface area contributed by atoms with Crippen LogP contribution in [0.5, 0.6) is 0 Å². The van der Waals surface area contributed by atoms with Crippen LogP contribution in [0.25, 0.3) is 0 Å². The van der Waals surface area contributed by atoms with Gasteiger partial charge in [-0.05, 0) is 17.0 Å². The number of hydrogen-bond donors (Lipinski definition) is 1. The van der Waals surface area contributed by atoms with E-state index in [2.05, 4.69) is 0 Å². The minimum Gasteiger partial charge on any atom is -0.363 e. The van der Waals surface area contributed by atoms with Crippen molar-refractivity contribution in [1.29, 1.82) is 0 Å². The Kier molecular flexibility index (Phi) is 4.77. The molecule has 0 saturated carbocycles. The van der Waals surface area contributed by atoms with Crippen LogP contribution in [0.3, 0.4) is 0 Å². The van der Waals surface area contributed by atoms with Gasteiger partial charge >= 0.3 is 12.2 Å². The SMILES string of the molecule is CN1C(=O)N(C)[C@](O)(C(F)(F)F)[C@H](C(=O)c2cccs2)[C@H]1c1ccccc1. The highest BCUT2D eigenvalue weighted by molar-refractivity contribution is 7.12. The number of hydrogen-bond acceptors (Lipinski definition) is 4. The molecule has 1 aromatic heterocycles. The van der Waals surface area contributed by atoms with Crippen LogP contribution in [0.2, 0.25) is 0 Å². The van der Waals surface area contributed by atoms with E-state index in [9.17, 15) is 27.9 Å². The monoisotopic (exact) mass is 398 g/mol. The number of halogens is 3. The maximum absolute atomic E-state index is 14.0. The van der Waals surface area contributed by atoms with E-state index in [1.54, 1.807) is 29.6 Å². The zero-order chi connectivity index (χ0) is 20.0. The molecule has 1 N–H and O–H groups in total. The van der Waals surface area contributed by atoms with Crippen molar-refractivity contribution in [3.63, 3.8) is 0 Å². The van der Waals surface area contributed by atoms with Crippen molar-refractivity contribution in [2.45, 2.75) is 17.9 Å². The first kappa shape index (κ1) is 19.4. The molecule has 0 bridgehead atoms. The highest BCUT2D eigenvalue weighted by atomic mass is 32.1. The molecule has 2 amide bonds. The lowest BCUT2D eigenvalue weighted by atomic mass is 9.77. The first-order valence-electron chi connectivity index (χ1n) is 8.03. The van der Waals surface area contributed by atoms with Gasteiger partial charge in [-0.15, -0.1) is 11.3 Å². The van der Waals surface area contributed by atoms with Crippen molar-refractivity contribution in [3.8, 4) is 0 Å². The fourth-order valence-corrected chi connectivity index (χ4v) is 4.19. The van der Waals surface area contributed by atoms with Crippen LogP contribution in [0, 0.1) is 5.92 Å². The van der Waals surface area contributed by atoms with Crippen molar-refractivity contribution in [2.24, 2.45) is 5.92 Å². The van der Waals surface area contributed by atoms with Gasteiger partial charge in [0.2, 0.25) is 0 Å². The lowest BCUT2D eigenvalue weighted by molar-refractivity contribution is -0.328. The number of carbonyl (C=O) groups excluding carboxylic acids is 2. The second-order valence-electron chi connectivity index (χ2n) is 6.35. The quantitative estimate of drug-likeness (QED) is 0.805. The molecule has 27 heavy (non-hydrogen) atoms. The van der Waals surface area contributed by atoms with Gasteiger partial charge in [0.25, 0.3) is 5.72 Å². The summed E-state index contributed by atoms with van der Waals surface area (Å²) < 4.78 is 42.0. The van der Waals surface area contributed by atoms with E-state index < -0.39 is 35.7 Å². The molecule has 0 spiro atoms. The number of urea groups is 1. The summed E-state index contributed by atoms with van der Waals surface area (Å²) in [6.07, 6.45) is -5.23. The first-order chi connectivity index (χ1) is 12.6. The highest BCUT2D eigenvalue weighted by Gasteiger charge is 2.70. The molecule has 1 aliphatic heterocycles. The predicted molar refractivity (Wildman–Crippen MR) is 93.2 cm³/mol.